The second-order valence-electron chi connectivity index (χ2n) is 7.80. The highest BCUT2D eigenvalue weighted by molar-refractivity contribution is 7.92. The molecule has 35 heavy (non-hydrogen) atoms. The van der Waals surface area contributed by atoms with Crippen molar-refractivity contribution in [3.05, 3.63) is 88.4 Å². The van der Waals surface area contributed by atoms with Crippen molar-refractivity contribution >= 4 is 56.4 Å². The van der Waals surface area contributed by atoms with Crippen LogP contribution in [0.2, 0.25) is 10.0 Å². The van der Waals surface area contributed by atoms with Gasteiger partial charge in [0.05, 0.1) is 26.9 Å². The maximum absolute atomic E-state index is 13.5. The lowest BCUT2D eigenvalue weighted by Crippen LogP contribution is -2.39. The number of carbonyl (C=O) groups excluding carboxylic acids is 2. The van der Waals surface area contributed by atoms with Crippen molar-refractivity contribution in [1.29, 1.82) is 0 Å². The topological polar surface area (TPSA) is 95.6 Å². The lowest BCUT2D eigenvalue weighted by molar-refractivity contribution is -0.114. The lowest BCUT2D eigenvalue weighted by atomic mass is 10.1. The largest absolute Gasteiger partial charge is 0.350 e. The van der Waals surface area contributed by atoms with Crippen LogP contribution in [-0.2, 0) is 14.8 Å². The fourth-order valence-electron chi connectivity index (χ4n) is 3.21. The van der Waals surface area contributed by atoms with Gasteiger partial charge in [-0.2, -0.15) is 0 Å². The van der Waals surface area contributed by atoms with Gasteiger partial charge >= 0.3 is 0 Å². The van der Waals surface area contributed by atoms with Crippen molar-refractivity contribution < 1.29 is 18.0 Å². The van der Waals surface area contributed by atoms with Gasteiger partial charge in [0, 0.05) is 11.1 Å². The summed E-state index contributed by atoms with van der Waals surface area (Å²) in [5.41, 5.74) is 0.577. The van der Waals surface area contributed by atoms with Crippen LogP contribution < -0.4 is 14.9 Å². The van der Waals surface area contributed by atoms with Gasteiger partial charge in [0.1, 0.15) is 6.54 Å². The number of sulfonamides is 1. The van der Waals surface area contributed by atoms with E-state index in [-0.39, 0.29) is 43.8 Å². The molecule has 3 rings (SSSR count). The Morgan fingerprint density at radius 1 is 0.971 bits per heavy atom. The standard InChI is InChI=1S/C25H25Cl2N3O4S/c1-3-17(2)28-25(32)20-11-7-8-12-22(20)29-24(31)16-30(23-15-18(26)13-14-21(23)27)35(33,34)19-9-5-4-6-10-19/h4-15,17H,3,16H2,1-2H3,(H,28,32)(H,29,31)/t17-/m0/s1. The molecule has 0 saturated carbocycles. The Morgan fingerprint density at radius 2 is 1.63 bits per heavy atom. The van der Waals surface area contributed by atoms with Crippen molar-refractivity contribution in [2.24, 2.45) is 0 Å². The van der Waals surface area contributed by atoms with E-state index in [9.17, 15) is 18.0 Å². The molecule has 3 aromatic rings. The summed E-state index contributed by atoms with van der Waals surface area (Å²) < 4.78 is 27.9. The molecular formula is C25H25Cl2N3O4S. The molecule has 0 heterocycles. The van der Waals surface area contributed by atoms with Gasteiger partial charge in [-0.15, -0.1) is 0 Å². The predicted octanol–water partition coefficient (Wildman–Crippen LogP) is 5.36. The number of carbonyl (C=O) groups is 2. The molecule has 0 aliphatic carbocycles. The Hall–Kier alpha value is -3.07. The molecular weight excluding hydrogens is 509 g/mol. The highest BCUT2D eigenvalue weighted by atomic mass is 35.5. The molecule has 1 atom stereocenters. The van der Waals surface area contributed by atoms with Crippen LogP contribution in [0.5, 0.6) is 0 Å². The summed E-state index contributed by atoms with van der Waals surface area (Å²) in [5.74, 6) is -1.01. The van der Waals surface area contributed by atoms with Gasteiger partial charge < -0.3 is 10.6 Å². The summed E-state index contributed by atoms with van der Waals surface area (Å²) in [7, 11) is -4.18. The highest BCUT2D eigenvalue weighted by Gasteiger charge is 2.29. The highest BCUT2D eigenvalue weighted by Crippen LogP contribution is 2.33. The van der Waals surface area contributed by atoms with Crippen LogP contribution in [0.1, 0.15) is 30.6 Å². The quantitative estimate of drug-likeness (QED) is 0.387. The number of para-hydroxylation sites is 1. The number of halogens is 2. The Kier molecular flexibility index (Phi) is 8.77. The number of nitrogens with zero attached hydrogens (tertiary/aromatic N) is 1. The van der Waals surface area contributed by atoms with Crippen LogP contribution in [-0.4, -0.2) is 32.8 Å². The lowest BCUT2D eigenvalue weighted by Gasteiger charge is -2.25. The molecule has 0 unspecified atom stereocenters. The molecule has 2 amide bonds. The molecule has 2 N–H and O–H groups in total. The monoisotopic (exact) mass is 533 g/mol. The molecule has 184 valence electrons. The fraction of sp³-hybridized carbons (Fsp3) is 0.200. The predicted molar refractivity (Wildman–Crippen MR) is 140 cm³/mol. The Bertz CT molecular complexity index is 1320. The summed E-state index contributed by atoms with van der Waals surface area (Å²) in [4.78, 5) is 25.8. The molecule has 0 spiro atoms. The number of amides is 2. The summed E-state index contributed by atoms with van der Waals surface area (Å²) in [6.07, 6.45) is 0.743. The van der Waals surface area contributed by atoms with E-state index in [1.807, 2.05) is 13.8 Å². The average Bonchev–Trinajstić information content (AvgIpc) is 2.84. The number of rotatable bonds is 9. The first kappa shape index (κ1) is 26.5. The van der Waals surface area contributed by atoms with Gasteiger partial charge in [-0.05, 0) is 55.8 Å². The molecule has 0 aliphatic rings. The van der Waals surface area contributed by atoms with Crippen LogP contribution in [0, 0.1) is 0 Å². The SMILES string of the molecule is CC[C@H](C)NC(=O)c1ccccc1NC(=O)CN(c1cc(Cl)ccc1Cl)S(=O)(=O)c1ccccc1. The van der Waals surface area contributed by atoms with Crippen molar-refractivity contribution in [3.8, 4) is 0 Å². The van der Waals surface area contributed by atoms with Crippen LogP contribution in [0.25, 0.3) is 0 Å². The summed E-state index contributed by atoms with van der Waals surface area (Å²) in [6, 6.07) is 18.5. The van der Waals surface area contributed by atoms with Crippen LogP contribution >= 0.6 is 23.2 Å². The van der Waals surface area contributed by atoms with E-state index < -0.39 is 22.5 Å². The van der Waals surface area contributed by atoms with Crippen molar-refractivity contribution in [2.45, 2.75) is 31.2 Å². The molecule has 0 aliphatic heterocycles. The van der Waals surface area contributed by atoms with Gasteiger partial charge in [-0.1, -0.05) is 60.5 Å². The third-order valence-electron chi connectivity index (χ3n) is 5.23. The smallest absolute Gasteiger partial charge is 0.264 e. The second kappa shape index (κ2) is 11.6. The first-order valence-corrected chi connectivity index (χ1v) is 13.1. The minimum atomic E-state index is -4.18. The molecule has 3 aromatic carbocycles. The zero-order valence-corrected chi connectivity index (χ0v) is 21.5. The van der Waals surface area contributed by atoms with Crippen LogP contribution in [0.15, 0.2) is 77.7 Å². The van der Waals surface area contributed by atoms with Crippen molar-refractivity contribution in [3.63, 3.8) is 0 Å². The number of hydrogen-bond acceptors (Lipinski definition) is 4. The maximum atomic E-state index is 13.5. The van der Waals surface area contributed by atoms with Gasteiger partial charge in [0.15, 0.2) is 0 Å². The first-order chi connectivity index (χ1) is 16.6. The molecule has 0 fully saturated rings. The number of nitrogens with one attached hydrogen (secondary N) is 2. The molecule has 7 nitrogen and oxygen atoms in total. The number of anilines is 2. The Labute approximate surface area is 215 Å². The van der Waals surface area contributed by atoms with E-state index in [2.05, 4.69) is 10.6 Å². The summed E-state index contributed by atoms with van der Waals surface area (Å²) >= 11 is 12.4. The van der Waals surface area contributed by atoms with Crippen molar-refractivity contribution in [2.75, 3.05) is 16.2 Å². The zero-order valence-electron chi connectivity index (χ0n) is 19.2. The zero-order chi connectivity index (χ0) is 25.6. The summed E-state index contributed by atoms with van der Waals surface area (Å²) in [5, 5.41) is 5.88. The van der Waals surface area contributed by atoms with E-state index in [1.165, 1.54) is 30.3 Å². The first-order valence-electron chi connectivity index (χ1n) is 10.9. The van der Waals surface area contributed by atoms with E-state index in [1.54, 1.807) is 42.5 Å². The molecule has 0 radical (unpaired) electrons. The number of hydrogen-bond donors (Lipinski definition) is 2. The minimum absolute atomic E-state index is 0.0165. The average molecular weight is 534 g/mol. The third-order valence-corrected chi connectivity index (χ3v) is 7.56. The van der Waals surface area contributed by atoms with E-state index >= 15 is 0 Å². The van der Waals surface area contributed by atoms with E-state index in [0.29, 0.717) is 0 Å². The summed E-state index contributed by atoms with van der Waals surface area (Å²) in [6.45, 7) is 3.22. The van der Waals surface area contributed by atoms with Gasteiger partial charge in [0.25, 0.3) is 15.9 Å². The van der Waals surface area contributed by atoms with E-state index in [4.69, 9.17) is 23.2 Å². The van der Waals surface area contributed by atoms with Crippen LogP contribution in [0.3, 0.4) is 0 Å². The van der Waals surface area contributed by atoms with Crippen molar-refractivity contribution in [1.82, 2.24) is 5.32 Å². The molecule has 10 heteroatoms. The molecule has 0 bridgehead atoms. The normalized spacial score (nSPS) is 12.0. The van der Waals surface area contributed by atoms with Gasteiger partial charge in [-0.3, -0.25) is 13.9 Å². The Morgan fingerprint density at radius 3 is 2.31 bits per heavy atom. The molecule has 0 saturated heterocycles. The Balaban J connectivity index is 1.95. The minimum Gasteiger partial charge on any atom is -0.350 e. The molecule has 0 aromatic heterocycles. The fourth-order valence-corrected chi connectivity index (χ4v) is 5.10. The second-order valence-corrected chi connectivity index (χ2v) is 10.5. The van der Waals surface area contributed by atoms with Crippen LogP contribution in [0.4, 0.5) is 11.4 Å². The van der Waals surface area contributed by atoms with Gasteiger partial charge in [0.2, 0.25) is 5.91 Å². The van der Waals surface area contributed by atoms with Gasteiger partial charge in [-0.25, -0.2) is 8.42 Å². The maximum Gasteiger partial charge on any atom is 0.264 e. The number of benzene rings is 3. The van der Waals surface area contributed by atoms with E-state index in [0.717, 1.165) is 10.7 Å². The third kappa shape index (κ3) is 6.54.